The van der Waals surface area contributed by atoms with Crippen LogP contribution in [0.4, 0.5) is 4.79 Å². The van der Waals surface area contributed by atoms with E-state index in [1.165, 1.54) is 12.7 Å². The Balaban J connectivity index is 1.51. The summed E-state index contributed by atoms with van der Waals surface area (Å²) < 4.78 is 5.07. The Kier molecular flexibility index (Phi) is 7.12. The molecule has 2 aromatic rings. The number of urea groups is 1. The molecule has 2 N–H and O–H groups in total. The van der Waals surface area contributed by atoms with E-state index < -0.39 is 12.0 Å². The van der Waals surface area contributed by atoms with Crippen molar-refractivity contribution in [1.82, 2.24) is 15.5 Å². The molecule has 0 bridgehead atoms. The van der Waals surface area contributed by atoms with Crippen LogP contribution in [-0.2, 0) is 16.0 Å². The third-order valence-corrected chi connectivity index (χ3v) is 6.58. The van der Waals surface area contributed by atoms with Gasteiger partial charge in [0.2, 0.25) is 0 Å². The number of benzene rings is 2. The van der Waals surface area contributed by atoms with Crippen LogP contribution in [0.1, 0.15) is 30.0 Å². The molecule has 32 heavy (non-hydrogen) atoms. The number of amides is 2. The number of esters is 1. The fourth-order valence-electron chi connectivity index (χ4n) is 4.56. The number of methoxy groups -OCH3 is 1. The number of rotatable bonds is 6. The summed E-state index contributed by atoms with van der Waals surface area (Å²) in [7, 11) is 1.35. The van der Waals surface area contributed by atoms with Crippen LogP contribution < -0.4 is 10.6 Å². The minimum absolute atomic E-state index is 0.350. The summed E-state index contributed by atoms with van der Waals surface area (Å²) in [5.41, 5.74) is 3.01. The number of carbonyl (C=O) groups excluding carboxylic acids is 2. The third kappa shape index (κ3) is 5.14. The van der Waals surface area contributed by atoms with Gasteiger partial charge in [-0.25, -0.2) is 9.59 Å². The highest BCUT2D eigenvalue weighted by atomic mass is 35.5. The zero-order valence-electron chi connectivity index (χ0n) is 18.1. The minimum atomic E-state index is -0.657. The molecule has 0 spiro atoms. The van der Waals surface area contributed by atoms with Gasteiger partial charge in [0.1, 0.15) is 0 Å². The van der Waals surface area contributed by atoms with Gasteiger partial charge in [0.05, 0.1) is 18.7 Å². The van der Waals surface area contributed by atoms with Crippen LogP contribution in [0.3, 0.4) is 0 Å². The summed E-state index contributed by atoms with van der Waals surface area (Å²) in [4.78, 5) is 27.5. The molecule has 7 heteroatoms. The largest absolute Gasteiger partial charge is 0.466 e. The molecule has 168 valence electrons. The molecule has 0 radical (unpaired) electrons. The third-order valence-electron chi connectivity index (χ3n) is 6.23. The number of halogens is 1. The summed E-state index contributed by atoms with van der Waals surface area (Å²) in [6.07, 6.45) is 3.24. The molecule has 0 saturated carbocycles. The smallest absolute Gasteiger partial charge is 0.338 e. The summed E-state index contributed by atoms with van der Waals surface area (Å²) in [5.74, 6) is 0.164. The SMILES string of the molecule is COC(=O)C1=C(CN2CCC(Cc3ccccc3)CC2)NC(=O)N[C@H]1c1ccccc1Cl. The van der Waals surface area contributed by atoms with Gasteiger partial charge in [-0.2, -0.15) is 0 Å². The van der Waals surface area contributed by atoms with Crippen molar-refractivity contribution < 1.29 is 14.3 Å². The first kappa shape index (κ1) is 22.4. The average Bonchev–Trinajstić information content (AvgIpc) is 2.80. The monoisotopic (exact) mass is 453 g/mol. The first-order valence-corrected chi connectivity index (χ1v) is 11.3. The first-order chi connectivity index (χ1) is 15.5. The van der Waals surface area contributed by atoms with Crippen molar-refractivity contribution in [3.8, 4) is 0 Å². The average molecular weight is 454 g/mol. The molecule has 2 heterocycles. The van der Waals surface area contributed by atoms with E-state index in [-0.39, 0.29) is 6.03 Å². The van der Waals surface area contributed by atoms with Crippen LogP contribution in [-0.4, -0.2) is 43.6 Å². The van der Waals surface area contributed by atoms with Crippen LogP contribution in [0.25, 0.3) is 0 Å². The van der Waals surface area contributed by atoms with E-state index >= 15 is 0 Å². The van der Waals surface area contributed by atoms with Crippen molar-refractivity contribution in [2.45, 2.75) is 25.3 Å². The van der Waals surface area contributed by atoms with Gasteiger partial charge in [-0.1, -0.05) is 60.1 Å². The number of nitrogens with zero attached hydrogens (tertiary/aromatic N) is 1. The maximum Gasteiger partial charge on any atom is 0.338 e. The van der Waals surface area contributed by atoms with Crippen LogP contribution in [0.5, 0.6) is 0 Å². The summed E-state index contributed by atoms with van der Waals surface area (Å²) in [6, 6.07) is 16.8. The molecule has 0 aliphatic carbocycles. The number of nitrogens with one attached hydrogen (secondary N) is 2. The van der Waals surface area contributed by atoms with Crippen molar-refractivity contribution in [1.29, 1.82) is 0 Å². The van der Waals surface area contributed by atoms with Gasteiger partial charge >= 0.3 is 12.0 Å². The van der Waals surface area contributed by atoms with E-state index in [9.17, 15) is 9.59 Å². The van der Waals surface area contributed by atoms with E-state index in [2.05, 4.69) is 39.8 Å². The Morgan fingerprint density at radius 3 is 2.47 bits per heavy atom. The van der Waals surface area contributed by atoms with Crippen molar-refractivity contribution in [3.63, 3.8) is 0 Å². The molecule has 2 aliphatic rings. The molecule has 6 nitrogen and oxygen atoms in total. The molecule has 4 rings (SSSR count). The summed E-state index contributed by atoms with van der Waals surface area (Å²) >= 11 is 6.38. The fraction of sp³-hybridized carbons (Fsp3) is 0.360. The Morgan fingerprint density at radius 2 is 1.78 bits per heavy atom. The fourth-order valence-corrected chi connectivity index (χ4v) is 4.80. The summed E-state index contributed by atoms with van der Waals surface area (Å²) in [5, 5.41) is 6.16. The van der Waals surface area contributed by atoms with E-state index in [1.807, 2.05) is 24.3 Å². The lowest BCUT2D eigenvalue weighted by Crippen LogP contribution is -2.49. The lowest BCUT2D eigenvalue weighted by molar-refractivity contribution is -0.136. The normalized spacial score (nSPS) is 19.9. The van der Waals surface area contributed by atoms with E-state index in [0.29, 0.717) is 34.3 Å². The quantitative estimate of drug-likeness (QED) is 0.647. The standard InChI is InChI=1S/C25H28ClN3O3/c1-32-24(30)22-21(27-25(31)28-23(22)19-9-5-6-10-20(19)26)16-29-13-11-18(12-14-29)15-17-7-3-2-4-8-17/h2-10,18,23H,11-16H2,1H3,(H2,27,28,31)/t23-/m0/s1. The van der Waals surface area contributed by atoms with Crippen molar-refractivity contribution >= 4 is 23.6 Å². The Hall–Kier alpha value is -2.83. The van der Waals surface area contributed by atoms with Crippen molar-refractivity contribution in [2.75, 3.05) is 26.7 Å². The molecular formula is C25H28ClN3O3. The van der Waals surface area contributed by atoms with Crippen LogP contribution >= 0.6 is 11.6 Å². The second-order valence-corrected chi connectivity index (χ2v) is 8.75. The highest BCUT2D eigenvalue weighted by molar-refractivity contribution is 6.31. The Bertz CT molecular complexity index is 1000. The van der Waals surface area contributed by atoms with E-state index in [0.717, 1.165) is 32.4 Å². The molecule has 2 amide bonds. The van der Waals surface area contributed by atoms with Crippen LogP contribution in [0, 0.1) is 5.92 Å². The molecule has 2 aliphatic heterocycles. The first-order valence-electron chi connectivity index (χ1n) is 10.9. The zero-order chi connectivity index (χ0) is 22.5. The minimum Gasteiger partial charge on any atom is -0.466 e. The second-order valence-electron chi connectivity index (χ2n) is 8.35. The van der Waals surface area contributed by atoms with Crippen LogP contribution in [0.2, 0.25) is 5.02 Å². The molecule has 0 aromatic heterocycles. The molecule has 1 saturated heterocycles. The van der Waals surface area contributed by atoms with Crippen molar-refractivity contribution in [3.05, 3.63) is 82.0 Å². The van der Waals surface area contributed by atoms with Gasteiger partial charge in [0.25, 0.3) is 0 Å². The predicted molar refractivity (Wildman–Crippen MR) is 124 cm³/mol. The maximum atomic E-state index is 12.7. The molecule has 1 atom stereocenters. The van der Waals surface area contributed by atoms with E-state index in [4.69, 9.17) is 16.3 Å². The maximum absolute atomic E-state index is 12.7. The molecular weight excluding hydrogens is 426 g/mol. The number of piperidine rings is 1. The number of likely N-dealkylation sites (tertiary alicyclic amines) is 1. The highest BCUT2D eigenvalue weighted by Gasteiger charge is 2.35. The molecule has 1 fully saturated rings. The van der Waals surface area contributed by atoms with E-state index in [1.54, 1.807) is 6.07 Å². The van der Waals surface area contributed by atoms with Gasteiger partial charge in [-0.15, -0.1) is 0 Å². The number of hydrogen-bond donors (Lipinski definition) is 2. The van der Waals surface area contributed by atoms with Gasteiger partial charge in [-0.05, 0) is 55.5 Å². The van der Waals surface area contributed by atoms with Gasteiger partial charge in [-0.3, -0.25) is 4.90 Å². The lowest BCUT2D eigenvalue weighted by Gasteiger charge is -2.35. The lowest BCUT2D eigenvalue weighted by atomic mass is 9.89. The topological polar surface area (TPSA) is 70.7 Å². The molecule has 0 unspecified atom stereocenters. The number of ether oxygens (including phenoxy) is 1. The Morgan fingerprint density at radius 1 is 1.09 bits per heavy atom. The van der Waals surface area contributed by atoms with Gasteiger partial charge < -0.3 is 15.4 Å². The van der Waals surface area contributed by atoms with Gasteiger partial charge in [0, 0.05) is 17.3 Å². The summed E-state index contributed by atoms with van der Waals surface area (Å²) in [6.45, 7) is 2.31. The second kappa shape index (κ2) is 10.2. The predicted octanol–water partition coefficient (Wildman–Crippen LogP) is 4.08. The molecule has 2 aromatic carbocycles. The van der Waals surface area contributed by atoms with Crippen molar-refractivity contribution in [2.24, 2.45) is 5.92 Å². The zero-order valence-corrected chi connectivity index (χ0v) is 18.9. The number of carbonyl (C=O) groups is 2. The van der Waals surface area contributed by atoms with Gasteiger partial charge in [0.15, 0.2) is 0 Å². The number of hydrogen-bond acceptors (Lipinski definition) is 4. The highest BCUT2D eigenvalue weighted by Crippen LogP contribution is 2.32. The Labute approximate surface area is 193 Å². The van der Waals surface area contributed by atoms with Crippen LogP contribution in [0.15, 0.2) is 65.9 Å².